The monoisotopic (exact) mass is 584 g/mol. The fourth-order valence-electron chi connectivity index (χ4n) is 5.77. The summed E-state index contributed by atoms with van der Waals surface area (Å²) in [6, 6.07) is 13.8. The molecule has 3 aromatic carbocycles. The standard InChI is InChI=1S/C33H32N2O6S/c1-6-39-24-11-8-20(16-25(24)40-7-2)29-27(30(36)21-9-10-23-22(15-21)14-19(5)41-23)31(37)32(38)35(29)33-34-28-18(4)12-17(3)13-26(28)42-33/h8-13,15-16,19,29,36H,6-7,14H2,1-5H3/b30-27+/t19-,29-/m1/s1. The van der Waals surface area contributed by atoms with Crippen molar-refractivity contribution < 1.29 is 28.9 Å². The number of rotatable bonds is 7. The number of hydrogen-bond donors (Lipinski definition) is 1. The Morgan fingerprint density at radius 3 is 2.57 bits per heavy atom. The molecule has 3 heterocycles. The lowest BCUT2D eigenvalue weighted by atomic mass is 9.94. The normalized spacial score (nSPS) is 19.3. The number of carbonyl (C=O) groups is 2. The van der Waals surface area contributed by atoms with Crippen molar-refractivity contribution in [1.82, 2.24) is 4.98 Å². The lowest BCUT2D eigenvalue weighted by Gasteiger charge is -2.24. The second-order valence-corrected chi connectivity index (χ2v) is 11.6. The van der Waals surface area contributed by atoms with Crippen LogP contribution in [0.4, 0.5) is 5.13 Å². The molecule has 2 atom stereocenters. The third-order valence-electron chi connectivity index (χ3n) is 7.52. The molecular formula is C33H32N2O6S. The van der Waals surface area contributed by atoms with Crippen molar-refractivity contribution in [3.05, 3.63) is 81.9 Å². The van der Waals surface area contributed by atoms with Gasteiger partial charge >= 0.3 is 5.91 Å². The molecule has 0 aliphatic carbocycles. The highest BCUT2D eigenvalue weighted by Gasteiger charge is 2.48. The average Bonchev–Trinajstić information content (AvgIpc) is 3.62. The predicted molar refractivity (Wildman–Crippen MR) is 163 cm³/mol. The first-order chi connectivity index (χ1) is 20.2. The van der Waals surface area contributed by atoms with E-state index < -0.39 is 17.7 Å². The van der Waals surface area contributed by atoms with Crippen LogP contribution in [0.3, 0.4) is 0 Å². The fraction of sp³-hybridized carbons (Fsp3) is 0.303. The van der Waals surface area contributed by atoms with E-state index in [1.807, 2.05) is 52.8 Å². The molecule has 0 radical (unpaired) electrons. The SMILES string of the molecule is CCOc1ccc([C@@H]2/C(=C(\O)c3ccc4c(c3)C[C@@H](C)O4)C(=O)C(=O)N2c2nc3c(C)cc(C)cc3s2)cc1OCC. The van der Waals surface area contributed by atoms with Gasteiger partial charge in [-0.25, -0.2) is 4.98 Å². The average molecular weight is 585 g/mol. The number of aliphatic hydroxyl groups is 1. The van der Waals surface area contributed by atoms with Crippen molar-refractivity contribution in [1.29, 1.82) is 0 Å². The van der Waals surface area contributed by atoms with Gasteiger partial charge in [0.1, 0.15) is 17.6 Å². The zero-order chi connectivity index (χ0) is 29.7. The van der Waals surface area contributed by atoms with Gasteiger partial charge in [0.2, 0.25) is 0 Å². The topological polar surface area (TPSA) is 98.2 Å². The Morgan fingerprint density at radius 1 is 1.05 bits per heavy atom. The van der Waals surface area contributed by atoms with Gasteiger partial charge in [-0.2, -0.15) is 0 Å². The molecule has 8 nitrogen and oxygen atoms in total. The third-order valence-corrected chi connectivity index (χ3v) is 8.52. The van der Waals surface area contributed by atoms with E-state index in [-0.39, 0.29) is 17.4 Å². The van der Waals surface area contributed by atoms with Crippen LogP contribution in [0.5, 0.6) is 17.2 Å². The Labute approximate surface area is 248 Å². The highest BCUT2D eigenvalue weighted by molar-refractivity contribution is 7.22. The highest BCUT2D eigenvalue weighted by Crippen LogP contribution is 2.46. The van der Waals surface area contributed by atoms with Crippen LogP contribution < -0.4 is 19.1 Å². The second kappa shape index (κ2) is 10.8. The summed E-state index contributed by atoms with van der Waals surface area (Å²) >= 11 is 1.34. The maximum atomic E-state index is 13.8. The number of amides is 1. The minimum atomic E-state index is -0.940. The van der Waals surface area contributed by atoms with E-state index in [1.165, 1.54) is 16.2 Å². The maximum Gasteiger partial charge on any atom is 0.301 e. The van der Waals surface area contributed by atoms with Crippen molar-refractivity contribution in [2.45, 2.75) is 53.2 Å². The molecule has 1 fully saturated rings. The summed E-state index contributed by atoms with van der Waals surface area (Å²) in [4.78, 5) is 33.8. The van der Waals surface area contributed by atoms with Crippen LogP contribution in [0, 0.1) is 13.8 Å². The molecule has 1 N–H and O–H groups in total. The van der Waals surface area contributed by atoms with Gasteiger partial charge < -0.3 is 19.3 Å². The molecule has 9 heteroatoms. The molecule has 1 amide bonds. The van der Waals surface area contributed by atoms with Crippen molar-refractivity contribution >= 4 is 44.1 Å². The van der Waals surface area contributed by atoms with Crippen LogP contribution in [0.2, 0.25) is 0 Å². The highest BCUT2D eigenvalue weighted by atomic mass is 32.1. The molecule has 1 saturated heterocycles. The molecule has 1 aromatic heterocycles. The molecule has 4 aromatic rings. The number of nitrogens with zero attached hydrogens (tertiary/aromatic N) is 2. The fourth-order valence-corrected chi connectivity index (χ4v) is 6.94. The number of anilines is 1. The first-order valence-corrected chi connectivity index (χ1v) is 14.9. The number of aromatic nitrogens is 1. The zero-order valence-corrected chi connectivity index (χ0v) is 25.0. The zero-order valence-electron chi connectivity index (χ0n) is 24.2. The Morgan fingerprint density at radius 2 is 1.81 bits per heavy atom. The molecule has 0 unspecified atom stereocenters. The lowest BCUT2D eigenvalue weighted by molar-refractivity contribution is -0.132. The summed E-state index contributed by atoms with van der Waals surface area (Å²) < 4.78 is 18.4. The summed E-state index contributed by atoms with van der Waals surface area (Å²) in [6.07, 6.45) is 0.713. The van der Waals surface area contributed by atoms with Gasteiger partial charge in [0.25, 0.3) is 5.78 Å². The van der Waals surface area contributed by atoms with Gasteiger partial charge in [-0.15, -0.1) is 0 Å². The van der Waals surface area contributed by atoms with E-state index in [1.54, 1.807) is 30.3 Å². The molecule has 0 bridgehead atoms. The summed E-state index contributed by atoms with van der Waals surface area (Å²) in [5.41, 5.74) is 4.80. The van der Waals surface area contributed by atoms with Gasteiger partial charge in [-0.1, -0.05) is 23.5 Å². The van der Waals surface area contributed by atoms with Crippen molar-refractivity contribution in [2.75, 3.05) is 18.1 Å². The van der Waals surface area contributed by atoms with Gasteiger partial charge in [-0.3, -0.25) is 14.5 Å². The molecule has 2 aliphatic rings. The van der Waals surface area contributed by atoms with Crippen LogP contribution in [-0.4, -0.2) is 41.1 Å². The molecule has 216 valence electrons. The Bertz CT molecular complexity index is 1770. The summed E-state index contributed by atoms with van der Waals surface area (Å²) in [5, 5.41) is 12.1. The number of aryl methyl sites for hydroxylation is 2. The largest absolute Gasteiger partial charge is 0.507 e. The maximum absolute atomic E-state index is 13.8. The van der Waals surface area contributed by atoms with Crippen molar-refractivity contribution in [2.24, 2.45) is 0 Å². The minimum absolute atomic E-state index is 0.00863. The number of hydrogen-bond acceptors (Lipinski definition) is 8. The Kier molecular flexibility index (Phi) is 7.14. The van der Waals surface area contributed by atoms with E-state index in [4.69, 9.17) is 19.2 Å². The van der Waals surface area contributed by atoms with Gasteiger partial charge in [0, 0.05) is 12.0 Å². The number of aliphatic hydroxyl groups excluding tert-OH is 1. The van der Waals surface area contributed by atoms with Gasteiger partial charge in [0.15, 0.2) is 16.6 Å². The van der Waals surface area contributed by atoms with E-state index in [9.17, 15) is 14.7 Å². The van der Waals surface area contributed by atoms with E-state index in [0.717, 1.165) is 32.7 Å². The number of thiazole rings is 1. The van der Waals surface area contributed by atoms with Crippen LogP contribution in [-0.2, 0) is 16.0 Å². The molecular weight excluding hydrogens is 552 g/mol. The summed E-state index contributed by atoms with van der Waals surface area (Å²) in [6.45, 7) is 10.6. The molecule has 42 heavy (non-hydrogen) atoms. The van der Waals surface area contributed by atoms with E-state index in [0.29, 0.717) is 47.4 Å². The molecule has 0 spiro atoms. The molecule has 0 saturated carbocycles. The summed E-state index contributed by atoms with van der Waals surface area (Å²) in [5.74, 6) is 0.0227. The predicted octanol–water partition coefficient (Wildman–Crippen LogP) is 6.66. The molecule has 2 aliphatic heterocycles. The van der Waals surface area contributed by atoms with E-state index >= 15 is 0 Å². The quantitative estimate of drug-likeness (QED) is 0.147. The van der Waals surface area contributed by atoms with Crippen LogP contribution in [0.1, 0.15) is 54.6 Å². The second-order valence-electron chi connectivity index (χ2n) is 10.6. The number of benzene rings is 3. The van der Waals surface area contributed by atoms with Crippen molar-refractivity contribution in [3.63, 3.8) is 0 Å². The third kappa shape index (κ3) is 4.67. The number of Topliss-reactive ketones (excluding diaryl/α,β-unsaturated/α-hetero) is 1. The Balaban J connectivity index is 1.56. The van der Waals surface area contributed by atoms with Crippen LogP contribution in [0.25, 0.3) is 16.0 Å². The number of ether oxygens (including phenoxy) is 3. The number of ketones is 1. The first-order valence-electron chi connectivity index (χ1n) is 14.1. The lowest BCUT2D eigenvalue weighted by Crippen LogP contribution is -2.29. The minimum Gasteiger partial charge on any atom is -0.507 e. The first kappa shape index (κ1) is 27.8. The number of fused-ring (bicyclic) bond motifs is 2. The van der Waals surface area contributed by atoms with Gasteiger partial charge in [-0.05, 0) is 93.3 Å². The van der Waals surface area contributed by atoms with Crippen LogP contribution >= 0.6 is 11.3 Å². The van der Waals surface area contributed by atoms with Gasteiger partial charge in [0.05, 0.1) is 35.0 Å². The Hall–Kier alpha value is -4.37. The smallest absolute Gasteiger partial charge is 0.301 e. The molecule has 6 rings (SSSR count). The van der Waals surface area contributed by atoms with Crippen molar-refractivity contribution in [3.8, 4) is 17.2 Å². The summed E-state index contributed by atoms with van der Waals surface area (Å²) in [7, 11) is 0. The van der Waals surface area contributed by atoms with E-state index in [2.05, 4.69) is 0 Å². The van der Waals surface area contributed by atoms with Crippen LogP contribution in [0.15, 0.2) is 54.1 Å². The number of carbonyl (C=O) groups excluding carboxylic acids is 2.